The van der Waals surface area contributed by atoms with E-state index in [2.05, 4.69) is 34.4 Å². The van der Waals surface area contributed by atoms with Crippen LogP contribution in [0, 0.1) is 22.3 Å². The molecule has 0 aliphatic heterocycles. The Hall–Kier alpha value is -1.71. The molecule has 1 unspecified atom stereocenters. The van der Waals surface area contributed by atoms with E-state index in [4.69, 9.17) is 9.47 Å². The lowest BCUT2D eigenvalue weighted by molar-refractivity contribution is 0.236. The van der Waals surface area contributed by atoms with Gasteiger partial charge in [-0.25, -0.2) is 0 Å². The average Bonchev–Trinajstić information content (AvgIpc) is 2.54. The lowest BCUT2D eigenvalue weighted by atomic mass is 10.1. The Morgan fingerprint density at radius 1 is 1.09 bits per heavy atom. The molecule has 0 aliphatic carbocycles. The van der Waals surface area contributed by atoms with Crippen LogP contribution in [0.1, 0.15) is 22.8 Å². The number of benzene rings is 2. The van der Waals surface area contributed by atoms with Crippen molar-refractivity contribution in [1.82, 2.24) is 0 Å². The molecule has 0 saturated heterocycles. The number of ether oxygens (including phenoxy) is 2. The van der Waals surface area contributed by atoms with Gasteiger partial charge in [-0.15, -0.1) is 0 Å². The van der Waals surface area contributed by atoms with E-state index < -0.39 is 6.10 Å². The number of hydrogen-bond acceptors (Lipinski definition) is 3. The van der Waals surface area contributed by atoms with Crippen LogP contribution in [0.15, 0.2) is 36.4 Å². The molecule has 1 atom stereocenters. The van der Waals surface area contributed by atoms with Gasteiger partial charge in [-0.1, -0.05) is 30.0 Å². The first-order valence-corrected chi connectivity index (χ1v) is 7.81. The van der Waals surface area contributed by atoms with Gasteiger partial charge in [0.25, 0.3) is 0 Å². The Morgan fingerprint density at radius 3 is 2.45 bits per heavy atom. The standard InChI is InChI=1S/C18H17IO3/c1-12-10-14(18(19)17(11-12)22-3)15(20)9-8-13-6-4-5-7-16(13)21-2/h4-7,10-11,15,20H,1-3H3. The van der Waals surface area contributed by atoms with Crippen molar-refractivity contribution in [2.75, 3.05) is 14.2 Å². The van der Waals surface area contributed by atoms with Crippen LogP contribution in [0.2, 0.25) is 0 Å². The van der Waals surface area contributed by atoms with Crippen molar-refractivity contribution in [3.8, 4) is 23.3 Å². The smallest absolute Gasteiger partial charge is 0.141 e. The summed E-state index contributed by atoms with van der Waals surface area (Å²) in [5.41, 5.74) is 2.52. The van der Waals surface area contributed by atoms with Crippen LogP contribution in [0.5, 0.6) is 11.5 Å². The molecule has 0 heterocycles. The molecule has 0 fully saturated rings. The Bertz CT molecular complexity index is 729. The number of rotatable bonds is 3. The number of hydrogen-bond donors (Lipinski definition) is 1. The second-order valence-corrected chi connectivity index (χ2v) is 5.82. The zero-order valence-electron chi connectivity index (χ0n) is 12.7. The van der Waals surface area contributed by atoms with E-state index in [0.29, 0.717) is 5.75 Å². The molecule has 0 aliphatic rings. The molecule has 0 aromatic heterocycles. The molecule has 0 radical (unpaired) electrons. The molecule has 22 heavy (non-hydrogen) atoms. The van der Waals surface area contributed by atoms with E-state index in [-0.39, 0.29) is 0 Å². The monoisotopic (exact) mass is 408 g/mol. The summed E-state index contributed by atoms with van der Waals surface area (Å²) in [5, 5.41) is 10.4. The molecular weight excluding hydrogens is 391 g/mol. The summed E-state index contributed by atoms with van der Waals surface area (Å²) < 4.78 is 11.5. The van der Waals surface area contributed by atoms with Gasteiger partial charge in [0, 0.05) is 5.56 Å². The van der Waals surface area contributed by atoms with Gasteiger partial charge in [0.1, 0.15) is 17.6 Å². The van der Waals surface area contributed by atoms with E-state index in [1.807, 2.05) is 43.3 Å². The number of para-hydroxylation sites is 1. The first-order chi connectivity index (χ1) is 10.6. The van der Waals surface area contributed by atoms with Crippen molar-refractivity contribution >= 4 is 22.6 Å². The normalized spacial score (nSPS) is 11.3. The fraction of sp³-hybridized carbons (Fsp3) is 0.222. The average molecular weight is 408 g/mol. The Labute approximate surface area is 144 Å². The highest BCUT2D eigenvalue weighted by Gasteiger charge is 2.13. The minimum absolute atomic E-state index is 0.693. The minimum Gasteiger partial charge on any atom is -0.496 e. The Balaban J connectivity index is 2.36. The summed E-state index contributed by atoms with van der Waals surface area (Å²) in [6.45, 7) is 1.96. The fourth-order valence-electron chi connectivity index (χ4n) is 2.08. The minimum atomic E-state index is -0.884. The third kappa shape index (κ3) is 3.73. The predicted molar refractivity (Wildman–Crippen MR) is 95.3 cm³/mol. The lowest BCUT2D eigenvalue weighted by Crippen LogP contribution is -2.01. The zero-order chi connectivity index (χ0) is 16.1. The number of aliphatic hydroxyl groups excluding tert-OH is 1. The van der Waals surface area contributed by atoms with Crippen molar-refractivity contribution in [2.45, 2.75) is 13.0 Å². The highest BCUT2D eigenvalue weighted by molar-refractivity contribution is 14.1. The van der Waals surface area contributed by atoms with Crippen molar-refractivity contribution in [3.05, 3.63) is 56.7 Å². The van der Waals surface area contributed by atoms with Gasteiger partial charge in [0.2, 0.25) is 0 Å². The van der Waals surface area contributed by atoms with Crippen molar-refractivity contribution in [3.63, 3.8) is 0 Å². The van der Waals surface area contributed by atoms with Gasteiger partial charge in [-0.05, 0) is 53.3 Å². The molecule has 2 aromatic carbocycles. The number of methoxy groups -OCH3 is 2. The van der Waals surface area contributed by atoms with E-state index in [0.717, 1.165) is 26.0 Å². The molecule has 114 valence electrons. The van der Waals surface area contributed by atoms with Crippen molar-refractivity contribution in [2.24, 2.45) is 0 Å². The van der Waals surface area contributed by atoms with Crippen LogP contribution in [0.25, 0.3) is 0 Å². The summed E-state index contributed by atoms with van der Waals surface area (Å²) in [7, 11) is 3.22. The molecule has 2 aromatic rings. The first-order valence-electron chi connectivity index (χ1n) is 6.73. The van der Waals surface area contributed by atoms with E-state index in [9.17, 15) is 5.11 Å². The van der Waals surface area contributed by atoms with Crippen LogP contribution >= 0.6 is 22.6 Å². The van der Waals surface area contributed by atoms with Gasteiger partial charge in [0.15, 0.2) is 0 Å². The maximum atomic E-state index is 10.4. The number of halogens is 1. The second kappa shape index (κ2) is 7.52. The van der Waals surface area contributed by atoms with Gasteiger partial charge in [-0.3, -0.25) is 0 Å². The van der Waals surface area contributed by atoms with Gasteiger partial charge < -0.3 is 14.6 Å². The van der Waals surface area contributed by atoms with Crippen LogP contribution in [0.3, 0.4) is 0 Å². The maximum absolute atomic E-state index is 10.4. The van der Waals surface area contributed by atoms with E-state index >= 15 is 0 Å². The van der Waals surface area contributed by atoms with Gasteiger partial charge in [0.05, 0.1) is 23.4 Å². The summed E-state index contributed by atoms with van der Waals surface area (Å²) in [6, 6.07) is 11.3. The van der Waals surface area contributed by atoms with Crippen LogP contribution in [0.4, 0.5) is 0 Å². The van der Waals surface area contributed by atoms with E-state index in [1.54, 1.807) is 14.2 Å². The summed E-state index contributed by atoms with van der Waals surface area (Å²) in [4.78, 5) is 0. The highest BCUT2D eigenvalue weighted by atomic mass is 127. The van der Waals surface area contributed by atoms with E-state index in [1.165, 1.54) is 0 Å². The Kier molecular flexibility index (Phi) is 5.69. The van der Waals surface area contributed by atoms with Crippen molar-refractivity contribution in [1.29, 1.82) is 0 Å². The zero-order valence-corrected chi connectivity index (χ0v) is 14.8. The molecule has 0 spiro atoms. The number of aryl methyl sites for hydroxylation is 1. The molecule has 0 bridgehead atoms. The van der Waals surface area contributed by atoms with Crippen LogP contribution in [-0.4, -0.2) is 19.3 Å². The largest absolute Gasteiger partial charge is 0.496 e. The summed E-state index contributed by atoms with van der Waals surface area (Å²) in [6.07, 6.45) is -0.884. The maximum Gasteiger partial charge on any atom is 0.141 e. The van der Waals surface area contributed by atoms with Crippen molar-refractivity contribution < 1.29 is 14.6 Å². The molecule has 0 saturated carbocycles. The molecule has 4 heteroatoms. The topological polar surface area (TPSA) is 38.7 Å². The van der Waals surface area contributed by atoms with Crippen LogP contribution in [-0.2, 0) is 0 Å². The predicted octanol–water partition coefficient (Wildman–Crippen LogP) is 3.70. The molecular formula is C18H17IO3. The third-order valence-corrected chi connectivity index (χ3v) is 4.33. The Morgan fingerprint density at radius 2 is 1.77 bits per heavy atom. The van der Waals surface area contributed by atoms with Gasteiger partial charge >= 0.3 is 0 Å². The third-order valence-electron chi connectivity index (χ3n) is 3.18. The lowest BCUT2D eigenvalue weighted by Gasteiger charge is -2.12. The van der Waals surface area contributed by atoms with Gasteiger partial charge in [-0.2, -0.15) is 0 Å². The fourth-order valence-corrected chi connectivity index (χ4v) is 2.91. The SMILES string of the molecule is COc1ccccc1C#CC(O)c1cc(C)cc(OC)c1I. The molecule has 0 amide bonds. The summed E-state index contributed by atoms with van der Waals surface area (Å²) >= 11 is 2.16. The molecule has 2 rings (SSSR count). The quantitative estimate of drug-likeness (QED) is 0.622. The summed E-state index contributed by atoms with van der Waals surface area (Å²) in [5.74, 6) is 7.29. The number of aliphatic hydroxyl groups is 1. The first kappa shape index (κ1) is 16.7. The highest BCUT2D eigenvalue weighted by Crippen LogP contribution is 2.30. The molecule has 3 nitrogen and oxygen atoms in total. The second-order valence-electron chi connectivity index (χ2n) is 4.74. The van der Waals surface area contributed by atoms with Crippen LogP contribution < -0.4 is 9.47 Å². The molecule has 1 N–H and O–H groups in total.